The lowest BCUT2D eigenvalue weighted by Crippen LogP contribution is -2.38. The van der Waals surface area contributed by atoms with Crippen LogP contribution < -0.4 is 14.4 Å². The number of fused-ring (bicyclic) bond motifs is 1. The number of hydrogen-bond acceptors (Lipinski definition) is 4. The van der Waals surface area contributed by atoms with Gasteiger partial charge in [-0.1, -0.05) is 24.3 Å². The van der Waals surface area contributed by atoms with Gasteiger partial charge >= 0.3 is 0 Å². The predicted molar refractivity (Wildman–Crippen MR) is 89.2 cm³/mol. The molecule has 1 amide bonds. The van der Waals surface area contributed by atoms with Crippen molar-refractivity contribution in [3.63, 3.8) is 0 Å². The molecular weight excluding hydrogens is 306 g/mol. The molecule has 1 fully saturated rings. The lowest BCUT2D eigenvalue weighted by atomic mass is 10.1. The molecule has 2 aromatic rings. The number of benzene rings is 2. The molecule has 2 heterocycles. The van der Waals surface area contributed by atoms with E-state index in [0.29, 0.717) is 13.2 Å². The van der Waals surface area contributed by atoms with Crippen LogP contribution in [0.25, 0.3) is 0 Å². The van der Waals surface area contributed by atoms with Gasteiger partial charge in [0, 0.05) is 12.3 Å². The number of rotatable bonds is 4. The van der Waals surface area contributed by atoms with Crippen molar-refractivity contribution in [2.24, 2.45) is 0 Å². The molecule has 0 aliphatic carbocycles. The molecule has 0 spiro atoms. The maximum absolute atomic E-state index is 12.9. The maximum atomic E-state index is 12.9. The molecule has 0 radical (unpaired) electrons. The molecule has 0 aromatic heterocycles. The van der Waals surface area contributed by atoms with Gasteiger partial charge in [-0.3, -0.25) is 4.79 Å². The van der Waals surface area contributed by atoms with Crippen LogP contribution in [-0.4, -0.2) is 25.4 Å². The maximum Gasteiger partial charge on any atom is 0.256 e. The third-order valence-electron chi connectivity index (χ3n) is 4.32. The quantitative estimate of drug-likeness (QED) is 0.866. The molecule has 5 nitrogen and oxygen atoms in total. The van der Waals surface area contributed by atoms with Crippen LogP contribution >= 0.6 is 0 Å². The van der Waals surface area contributed by atoms with Crippen molar-refractivity contribution in [1.82, 2.24) is 0 Å². The van der Waals surface area contributed by atoms with Gasteiger partial charge in [-0.25, -0.2) is 0 Å². The van der Waals surface area contributed by atoms with E-state index >= 15 is 0 Å². The van der Waals surface area contributed by atoms with Gasteiger partial charge in [0.2, 0.25) is 6.79 Å². The van der Waals surface area contributed by atoms with Crippen LogP contribution in [0.1, 0.15) is 18.4 Å². The molecule has 2 aromatic carbocycles. The van der Waals surface area contributed by atoms with Gasteiger partial charge in [-0.2, -0.15) is 0 Å². The van der Waals surface area contributed by atoms with Crippen LogP contribution in [0.4, 0.5) is 5.69 Å². The Kier molecular flexibility index (Phi) is 4.09. The minimum absolute atomic E-state index is 0.0105. The minimum atomic E-state index is -0.348. The van der Waals surface area contributed by atoms with Gasteiger partial charge in [0.05, 0.1) is 6.54 Å². The first kappa shape index (κ1) is 15.0. The fourth-order valence-corrected chi connectivity index (χ4v) is 3.07. The zero-order valence-electron chi connectivity index (χ0n) is 13.3. The monoisotopic (exact) mass is 325 g/mol. The Balaban J connectivity index is 1.61. The SMILES string of the molecule is O=C([C@@H]1CCCO1)N(Cc1ccc2c(c1)OCO2)c1ccccc1. The van der Waals surface area contributed by atoms with E-state index in [1.165, 1.54) is 0 Å². The lowest BCUT2D eigenvalue weighted by molar-refractivity contribution is -0.127. The second-order valence-corrected chi connectivity index (χ2v) is 5.95. The van der Waals surface area contributed by atoms with E-state index < -0.39 is 0 Å². The van der Waals surface area contributed by atoms with E-state index in [9.17, 15) is 4.79 Å². The van der Waals surface area contributed by atoms with Crippen molar-refractivity contribution in [1.29, 1.82) is 0 Å². The smallest absolute Gasteiger partial charge is 0.256 e. The van der Waals surface area contributed by atoms with Crippen LogP contribution in [0, 0.1) is 0 Å². The Bertz CT molecular complexity index is 725. The highest BCUT2D eigenvalue weighted by Gasteiger charge is 2.29. The summed E-state index contributed by atoms with van der Waals surface area (Å²) < 4.78 is 16.4. The highest BCUT2D eigenvalue weighted by molar-refractivity contribution is 5.96. The number of amides is 1. The average Bonchev–Trinajstić information content (AvgIpc) is 3.31. The van der Waals surface area contributed by atoms with E-state index in [1.807, 2.05) is 48.5 Å². The summed E-state index contributed by atoms with van der Waals surface area (Å²) in [6.45, 7) is 1.37. The first-order valence-electron chi connectivity index (χ1n) is 8.18. The van der Waals surface area contributed by atoms with E-state index in [2.05, 4.69) is 0 Å². The molecule has 5 heteroatoms. The summed E-state index contributed by atoms with van der Waals surface area (Å²) in [5.41, 5.74) is 1.87. The molecule has 0 N–H and O–H groups in total. The number of ether oxygens (including phenoxy) is 3. The predicted octanol–water partition coefficient (Wildman–Crippen LogP) is 3.13. The normalized spacial score (nSPS) is 18.6. The van der Waals surface area contributed by atoms with Crippen LogP contribution in [0.2, 0.25) is 0 Å². The molecule has 124 valence electrons. The van der Waals surface area contributed by atoms with Crippen molar-refractivity contribution in [2.75, 3.05) is 18.3 Å². The van der Waals surface area contributed by atoms with Crippen molar-refractivity contribution in [3.05, 3.63) is 54.1 Å². The zero-order chi connectivity index (χ0) is 16.4. The van der Waals surface area contributed by atoms with Gasteiger partial charge in [0.15, 0.2) is 11.5 Å². The lowest BCUT2D eigenvalue weighted by Gasteiger charge is -2.25. The van der Waals surface area contributed by atoms with E-state index in [1.54, 1.807) is 4.90 Å². The van der Waals surface area contributed by atoms with E-state index in [-0.39, 0.29) is 18.8 Å². The van der Waals surface area contributed by atoms with Crippen molar-refractivity contribution in [3.8, 4) is 11.5 Å². The second-order valence-electron chi connectivity index (χ2n) is 5.95. The van der Waals surface area contributed by atoms with Gasteiger partial charge in [0.1, 0.15) is 6.10 Å². The van der Waals surface area contributed by atoms with Crippen LogP contribution in [0.3, 0.4) is 0 Å². The van der Waals surface area contributed by atoms with Gasteiger partial charge in [-0.15, -0.1) is 0 Å². The van der Waals surface area contributed by atoms with Crippen LogP contribution in [0.5, 0.6) is 11.5 Å². The number of hydrogen-bond donors (Lipinski definition) is 0. The first-order chi connectivity index (χ1) is 11.8. The second kappa shape index (κ2) is 6.53. The fourth-order valence-electron chi connectivity index (χ4n) is 3.07. The average molecular weight is 325 g/mol. The summed E-state index contributed by atoms with van der Waals surface area (Å²) in [7, 11) is 0. The highest BCUT2D eigenvalue weighted by atomic mass is 16.7. The molecule has 24 heavy (non-hydrogen) atoms. The molecule has 2 aliphatic heterocycles. The highest BCUT2D eigenvalue weighted by Crippen LogP contribution is 2.33. The summed E-state index contributed by atoms with van der Waals surface area (Å²) in [5.74, 6) is 1.48. The standard InChI is InChI=1S/C19H19NO4/c21-19(17-7-4-10-22-17)20(15-5-2-1-3-6-15)12-14-8-9-16-18(11-14)24-13-23-16/h1-3,5-6,8-9,11,17H,4,7,10,12-13H2/t17-/m0/s1. The Labute approximate surface area is 140 Å². The van der Waals surface area contributed by atoms with Gasteiger partial charge in [-0.05, 0) is 42.7 Å². The fraction of sp³-hybridized carbons (Fsp3) is 0.316. The molecule has 1 saturated heterocycles. The molecule has 4 rings (SSSR count). The number of carbonyl (C=O) groups excluding carboxylic acids is 1. The Morgan fingerprint density at radius 2 is 1.92 bits per heavy atom. The Morgan fingerprint density at radius 3 is 2.71 bits per heavy atom. The summed E-state index contributed by atoms with van der Waals surface area (Å²) in [4.78, 5) is 14.7. The van der Waals surface area contributed by atoms with Gasteiger partial charge < -0.3 is 19.1 Å². The first-order valence-corrected chi connectivity index (χ1v) is 8.18. The summed E-state index contributed by atoms with van der Waals surface area (Å²) >= 11 is 0. The number of anilines is 1. The Hall–Kier alpha value is -2.53. The molecule has 0 bridgehead atoms. The van der Waals surface area contributed by atoms with Crippen molar-refractivity contribution in [2.45, 2.75) is 25.5 Å². The topological polar surface area (TPSA) is 48.0 Å². The summed E-state index contributed by atoms with van der Waals surface area (Å²) in [5, 5.41) is 0. The number of carbonyl (C=O) groups is 1. The van der Waals surface area contributed by atoms with Crippen LogP contribution in [0.15, 0.2) is 48.5 Å². The third kappa shape index (κ3) is 2.95. The van der Waals surface area contributed by atoms with E-state index in [0.717, 1.165) is 35.6 Å². The Morgan fingerprint density at radius 1 is 1.08 bits per heavy atom. The largest absolute Gasteiger partial charge is 0.454 e. The molecule has 1 atom stereocenters. The van der Waals surface area contributed by atoms with E-state index in [4.69, 9.17) is 14.2 Å². The molecule has 0 saturated carbocycles. The van der Waals surface area contributed by atoms with Crippen molar-refractivity contribution >= 4 is 11.6 Å². The summed E-state index contributed by atoms with van der Waals surface area (Å²) in [6, 6.07) is 15.5. The zero-order valence-corrected chi connectivity index (χ0v) is 13.3. The molecular formula is C19H19NO4. The number of para-hydroxylation sites is 1. The van der Waals surface area contributed by atoms with Crippen molar-refractivity contribution < 1.29 is 19.0 Å². The molecule has 0 unspecified atom stereocenters. The minimum Gasteiger partial charge on any atom is -0.454 e. The van der Waals surface area contributed by atoms with Crippen LogP contribution in [-0.2, 0) is 16.1 Å². The summed E-state index contributed by atoms with van der Waals surface area (Å²) in [6.07, 6.45) is 1.37. The van der Waals surface area contributed by atoms with Gasteiger partial charge in [0.25, 0.3) is 5.91 Å². The third-order valence-corrected chi connectivity index (χ3v) is 4.32. The molecule has 2 aliphatic rings. The number of nitrogens with zero attached hydrogens (tertiary/aromatic N) is 1.